The Balaban J connectivity index is 1.66. The summed E-state index contributed by atoms with van der Waals surface area (Å²) in [6.07, 6.45) is 0.0521. The molecule has 1 heterocycles. The Labute approximate surface area is 121 Å². The standard InChI is InChI=1S/C15H16FNO4/c16-10-3-1-2-9(6-10)13-8-17(4-5-21-13)14(18)11-7-12(11)15(19)20/h1-3,6,11-13H,4-5,7-8H2,(H,19,20)/t11-,12-,13+/m1/s1. The van der Waals surface area contributed by atoms with Crippen molar-refractivity contribution in [2.24, 2.45) is 11.8 Å². The highest BCUT2D eigenvalue weighted by molar-refractivity contribution is 5.89. The molecule has 0 aromatic heterocycles. The van der Waals surface area contributed by atoms with Gasteiger partial charge in [0.1, 0.15) is 11.9 Å². The fourth-order valence-corrected chi connectivity index (χ4v) is 2.73. The minimum atomic E-state index is -0.914. The lowest BCUT2D eigenvalue weighted by molar-refractivity contribution is -0.145. The van der Waals surface area contributed by atoms with Crippen molar-refractivity contribution in [3.05, 3.63) is 35.6 Å². The number of benzene rings is 1. The van der Waals surface area contributed by atoms with Gasteiger partial charge < -0.3 is 14.7 Å². The predicted molar refractivity (Wildman–Crippen MR) is 70.9 cm³/mol. The van der Waals surface area contributed by atoms with Gasteiger partial charge in [0.25, 0.3) is 0 Å². The van der Waals surface area contributed by atoms with Gasteiger partial charge in [-0.15, -0.1) is 0 Å². The van der Waals surface area contributed by atoms with Crippen molar-refractivity contribution in [3.63, 3.8) is 0 Å². The minimum Gasteiger partial charge on any atom is -0.481 e. The maximum absolute atomic E-state index is 13.3. The van der Waals surface area contributed by atoms with E-state index in [0.717, 1.165) is 0 Å². The second kappa shape index (κ2) is 5.44. The molecule has 21 heavy (non-hydrogen) atoms. The lowest BCUT2D eigenvalue weighted by Crippen LogP contribution is -2.43. The van der Waals surface area contributed by atoms with Gasteiger partial charge in [0, 0.05) is 6.54 Å². The van der Waals surface area contributed by atoms with Crippen LogP contribution in [-0.4, -0.2) is 41.6 Å². The first-order chi connectivity index (χ1) is 10.1. The third-order valence-corrected chi connectivity index (χ3v) is 4.02. The molecule has 3 rings (SSSR count). The molecule has 0 spiro atoms. The van der Waals surface area contributed by atoms with E-state index in [2.05, 4.69) is 0 Å². The van der Waals surface area contributed by atoms with Crippen LogP contribution in [-0.2, 0) is 14.3 Å². The number of nitrogens with zero attached hydrogens (tertiary/aromatic N) is 1. The highest BCUT2D eigenvalue weighted by atomic mass is 19.1. The van der Waals surface area contributed by atoms with E-state index in [-0.39, 0.29) is 17.8 Å². The van der Waals surface area contributed by atoms with Gasteiger partial charge in [0.05, 0.1) is 25.0 Å². The topological polar surface area (TPSA) is 66.8 Å². The summed E-state index contributed by atoms with van der Waals surface area (Å²) in [4.78, 5) is 24.7. The summed E-state index contributed by atoms with van der Waals surface area (Å²) in [5.41, 5.74) is 0.693. The molecule has 1 aliphatic heterocycles. The number of halogens is 1. The second-order valence-electron chi connectivity index (χ2n) is 5.49. The summed E-state index contributed by atoms with van der Waals surface area (Å²) >= 11 is 0. The van der Waals surface area contributed by atoms with Crippen molar-refractivity contribution < 1.29 is 23.8 Å². The molecule has 1 saturated heterocycles. The van der Waals surface area contributed by atoms with Crippen molar-refractivity contribution in [1.29, 1.82) is 0 Å². The van der Waals surface area contributed by atoms with E-state index in [1.54, 1.807) is 17.0 Å². The van der Waals surface area contributed by atoms with Gasteiger partial charge in [-0.05, 0) is 24.1 Å². The first kappa shape index (κ1) is 14.0. The maximum atomic E-state index is 13.3. The Morgan fingerprint density at radius 2 is 2.14 bits per heavy atom. The fourth-order valence-electron chi connectivity index (χ4n) is 2.73. The average molecular weight is 293 g/mol. The third-order valence-electron chi connectivity index (χ3n) is 4.02. The number of hydrogen-bond acceptors (Lipinski definition) is 3. The highest BCUT2D eigenvalue weighted by Gasteiger charge is 2.50. The molecule has 1 aliphatic carbocycles. The Hall–Kier alpha value is -1.95. The van der Waals surface area contributed by atoms with Crippen LogP contribution in [0.5, 0.6) is 0 Å². The van der Waals surface area contributed by atoms with E-state index < -0.39 is 17.8 Å². The van der Waals surface area contributed by atoms with E-state index in [9.17, 15) is 14.0 Å². The molecule has 1 amide bonds. The number of morpholine rings is 1. The number of carbonyl (C=O) groups excluding carboxylic acids is 1. The molecule has 6 heteroatoms. The number of amides is 1. The molecule has 1 saturated carbocycles. The van der Waals surface area contributed by atoms with Crippen LogP contribution in [0, 0.1) is 17.7 Å². The molecule has 1 N–H and O–H groups in total. The first-order valence-corrected chi connectivity index (χ1v) is 6.95. The monoisotopic (exact) mass is 293 g/mol. The predicted octanol–water partition coefficient (Wildman–Crippen LogP) is 1.45. The van der Waals surface area contributed by atoms with E-state index >= 15 is 0 Å². The zero-order chi connectivity index (χ0) is 15.0. The fraction of sp³-hybridized carbons (Fsp3) is 0.467. The molecule has 0 bridgehead atoms. The molecule has 112 valence electrons. The maximum Gasteiger partial charge on any atom is 0.307 e. The van der Waals surface area contributed by atoms with Crippen molar-refractivity contribution in [1.82, 2.24) is 4.90 Å². The molecular weight excluding hydrogens is 277 g/mol. The number of carboxylic acids is 1. The van der Waals surface area contributed by atoms with Gasteiger partial charge in [-0.3, -0.25) is 9.59 Å². The molecule has 3 atom stereocenters. The Morgan fingerprint density at radius 1 is 1.33 bits per heavy atom. The summed E-state index contributed by atoms with van der Waals surface area (Å²) in [5.74, 6) is -2.34. The van der Waals surface area contributed by atoms with Crippen LogP contribution < -0.4 is 0 Å². The number of aliphatic carboxylic acids is 1. The SMILES string of the molecule is O=C(O)[C@@H]1C[C@H]1C(=O)N1CCO[C@H](c2cccc(F)c2)C1. The van der Waals surface area contributed by atoms with E-state index in [4.69, 9.17) is 9.84 Å². The van der Waals surface area contributed by atoms with E-state index in [1.165, 1.54) is 12.1 Å². The Kier molecular flexibility index (Phi) is 3.63. The number of carbonyl (C=O) groups is 2. The molecule has 2 aliphatic rings. The van der Waals surface area contributed by atoms with Crippen LogP contribution in [0.25, 0.3) is 0 Å². The summed E-state index contributed by atoms with van der Waals surface area (Å²) in [5, 5.41) is 8.89. The lowest BCUT2D eigenvalue weighted by Gasteiger charge is -2.33. The van der Waals surface area contributed by atoms with Gasteiger partial charge in [0.2, 0.25) is 5.91 Å². The van der Waals surface area contributed by atoms with Crippen molar-refractivity contribution in [2.75, 3.05) is 19.7 Å². The zero-order valence-electron chi connectivity index (χ0n) is 11.4. The normalized spacial score (nSPS) is 28.2. The molecule has 0 radical (unpaired) electrons. The summed E-state index contributed by atoms with van der Waals surface area (Å²) in [6, 6.07) is 6.13. The van der Waals surface area contributed by atoms with Gasteiger partial charge >= 0.3 is 5.97 Å². The van der Waals surface area contributed by atoms with Crippen LogP contribution in [0.3, 0.4) is 0 Å². The average Bonchev–Trinajstić information content (AvgIpc) is 3.27. The highest BCUT2D eigenvalue weighted by Crippen LogP contribution is 2.40. The molecule has 2 fully saturated rings. The van der Waals surface area contributed by atoms with Crippen molar-refractivity contribution in [2.45, 2.75) is 12.5 Å². The molecule has 1 aromatic carbocycles. The van der Waals surface area contributed by atoms with E-state index in [0.29, 0.717) is 31.7 Å². The van der Waals surface area contributed by atoms with Gasteiger partial charge in [-0.25, -0.2) is 4.39 Å². The van der Waals surface area contributed by atoms with Crippen LogP contribution in [0.15, 0.2) is 24.3 Å². The molecule has 1 aromatic rings. The van der Waals surface area contributed by atoms with Gasteiger partial charge in [-0.2, -0.15) is 0 Å². The van der Waals surface area contributed by atoms with Crippen LogP contribution in [0.2, 0.25) is 0 Å². The lowest BCUT2D eigenvalue weighted by atomic mass is 10.1. The minimum absolute atomic E-state index is 0.132. The smallest absolute Gasteiger partial charge is 0.307 e. The number of rotatable bonds is 3. The second-order valence-corrected chi connectivity index (χ2v) is 5.49. The largest absolute Gasteiger partial charge is 0.481 e. The summed E-state index contributed by atoms with van der Waals surface area (Å²) in [7, 11) is 0. The number of hydrogen-bond donors (Lipinski definition) is 1. The number of carboxylic acid groups (broad SMARTS) is 1. The van der Waals surface area contributed by atoms with Crippen molar-refractivity contribution in [3.8, 4) is 0 Å². The van der Waals surface area contributed by atoms with E-state index in [1.807, 2.05) is 0 Å². The van der Waals surface area contributed by atoms with Crippen LogP contribution in [0.4, 0.5) is 4.39 Å². The summed E-state index contributed by atoms with van der Waals surface area (Å²) < 4.78 is 18.9. The van der Waals surface area contributed by atoms with Crippen LogP contribution in [0.1, 0.15) is 18.1 Å². The van der Waals surface area contributed by atoms with Crippen molar-refractivity contribution >= 4 is 11.9 Å². The Morgan fingerprint density at radius 3 is 2.81 bits per heavy atom. The molecule has 5 nitrogen and oxygen atoms in total. The van der Waals surface area contributed by atoms with Gasteiger partial charge in [0.15, 0.2) is 0 Å². The quantitative estimate of drug-likeness (QED) is 0.916. The first-order valence-electron chi connectivity index (χ1n) is 6.95. The molecule has 0 unspecified atom stereocenters. The third kappa shape index (κ3) is 2.90. The van der Waals surface area contributed by atoms with Crippen LogP contribution >= 0.6 is 0 Å². The zero-order valence-corrected chi connectivity index (χ0v) is 11.4. The van der Waals surface area contributed by atoms with Gasteiger partial charge in [-0.1, -0.05) is 12.1 Å². The number of ether oxygens (including phenoxy) is 1. The Bertz CT molecular complexity index is 577. The molecular formula is C15H16FNO4. The summed E-state index contributed by atoms with van der Waals surface area (Å²) in [6.45, 7) is 1.16.